The van der Waals surface area contributed by atoms with Crippen molar-refractivity contribution in [2.24, 2.45) is 0 Å². The first kappa shape index (κ1) is 13.4. The SMILES string of the molecule is Cc1sc(=O)n(CC(=O)O)c1-c1ccc2[nH]c(=O)oc2c1. The third-order valence-corrected chi connectivity index (χ3v) is 3.95. The van der Waals surface area contributed by atoms with E-state index in [1.54, 1.807) is 25.1 Å². The van der Waals surface area contributed by atoms with E-state index in [4.69, 9.17) is 9.52 Å². The van der Waals surface area contributed by atoms with Crippen LogP contribution in [0.1, 0.15) is 4.88 Å². The molecule has 2 N–H and O–H groups in total. The van der Waals surface area contributed by atoms with Crippen molar-refractivity contribution in [2.45, 2.75) is 13.5 Å². The van der Waals surface area contributed by atoms with Crippen molar-refractivity contribution in [1.29, 1.82) is 0 Å². The number of carboxylic acids is 1. The number of carboxylic acid groups (broad SMARTS) is 1. The maximum atomic E-state index is 11.9. The number of oxazole rings is 1. The van der Waals surface area contributed by atoms with Crippen LogP contribution in [0.2, 0.25) is 0 Å². The molecule has 0 amide bonds. The van der Waals surface area contributed by atoms with Crippen LogP contribution in [0, 0.1) is 6.92 Å². The quantitative estimate of drug-likeness (QED) is 0.761. The minimum atomic E-state index is -1.09. The Balaban J connectivity index is 2.24. The van der Waals surface area contributed by atoms with Crippen LogP contribution < -0.4 is 10.6 Å². The number of thiazole rings is 1. The third kappa shape index (κ3) is 2.29. The summed E-state index contributed by atoms with van der Waals surface area (Å²) >= 11 is 0.987. The molecule has 8 heteroatoms. The van der Waals surface area contributed by atoms with Crippen molar-refractivity contribution in [3.8, 4) is 11.3 Å². The van der Waals surface area contributed by atoms with Gasteiger partial charge in [-0.15, -0.1) is 0 Å². The molecule has 108 valence electrons. The topological polar surface area (TPSA) is 105 Å². The lowest BCUT2D eigenvalue weighted by molar-refractivity contribution is -0.137. The van der Waals surface area contributed by atoms with Crippen LogP contribution in [0.3, 0.4) is 0 Å². The average Bonchev–Trinajstić information content (AvgIpc) is 2.88. The standard InChI is InChI=1S/C13H10N2O5S/c1-6-11(15(5-10(16)17)13(19)21-6)7-2-3-8-9(4-7)20-12(18)14-8/h2-4H,5H2,1H3,(H,14,18)(H,16,17). The highest BCUT2D eigenvalue weighted by Gasteiger charge is 2.16. The fourth-order valence-corrected chi connectivity index (χ4v) is 3.10. The zero-order chi connectivity index (χ0) is 15.1. The number of rotatable bonds is 3. The highest BCUT2D eigenvalue weighted by molar-refractivity contribution is 7.09. The number of aromatic nitrogens is 2. The number of aromatic amines is 1. The van der Waals surface area contributed by atoms with Gasteiger partial charge >= 0.3 is 16.6 Å². The van der Waals surface area contributed by atoms with Gasteiger partial charge in [-0.2, -0.15) is 0 Å². The van der Waals surface area contributed by atoms with E-state index in [2.05, 4.69) is 4.98 Å². The van der Waals surface area contributed by atoms with Crippen LogP contribution in [0.4, 0.5) is 0 Å². The van der Waals surface area contributed by atoms with Crippen LogP contribution in [-0.4, -0.2) is 20.6 Å². The maximum absolute atomic E-state index is 11.9. The molecule has 0 aliphatic rings. The molecule has 0 atom stereocenters. The van der Waals surface area contributed by atoms with Crippen molar-refractivity contribution in [1.82, 2.24) is 9.55 Å². The van der Waals surface area contributed by atoms with Gasteiger partial charge in [-0.05, 0) is 19.1 Å². The number of carbonyl (C=O) groups is 1. The number of H-pyrrole nitrogens is 1. The monoisotopic (exact) mass is 306 g/mol. The van der Waals surface area contributed by atoms with E-state index in [9.17, 15) is 14.4 Å². The van der Waals surface area contributed by atoms with Gasteiger partial charge in [-0.3, -0.25) is 19.1 Å². The molecule has 0 spiro atoms. The van der Waals surface area contributed by atoms with Gasteiger partial charge in [-0.25, -0.2) is 4.79 Å². The molecule has 0 bridgehead atoms. The van der Waals surface area contributed by atoms with Crippen molar-refractivity contribution in [3.05, 3.63) is 43.3 Å². The Hall–Kier alpha value is -2.61. The molecule has 0 saturated carbocycles. The number of aryl methyl sites for hydroxylation is 1. The molecule has 2 aromatic heterocycles. The summed E-state index contributed by atoms with van der Waals surface area (Å²) in [7, 11) is 0. The van der Waals surface area contributed by atoms with Gasteiger partial charge in [0, 0.05) is 10.4 Å². The van der Waals surface area contributed by atoms with Gasteiger partial charge in [-0.1, -0.05) is 17.4 Å². The lowest BCUT2D eigenvalue weighted by Crippen LogP contribution is -2.19. The molecular formula is C13H10N2O5S. The van der Waals surface area contributed by atoms with E-state index in [0.29, 0.717) is 27.2 Å². The summed E-state index contributed by atoms with van der Waals surface area (Å²) in [5.41, 5.74) is 2.06. The predicted molar refractivity (Wildman–Crippen MR) is 76.8 cm³/mol. The van der Waals surface area contributed by atoms with E-state index in [1.165, 1.54) is 4.57 Å². The van der Waals surface area contributed by atoms with Crippen LogP contribution in [0.25, 0.3) is 22.4 Å². The lowest BCUT2D eigenvalue weighted by Gasteiger charge is -2.06. The smallest absolute Gasteiger partial charge is 0.417 e. The molecule has 2 heterocycles. The number of nitrogens with one attached hydrogen (secondary N) is 1. The second kappa shape index (κ2) is 4.74. The molecule has 3 rings (SSSR count). The first-order valence-corrected chi connectivity index (χ1v) is 6.82. The predicted octanol–water partition coefficient (Wildman–Crippen LogP) is 1.40. The number of fused-ring (bicyclic) bond motifs is 1. The molecule has 0 unspecified atom stereocenters. The number of benzene rings is 1. The molecule has 0 saturated heterocycles. The summed E-state index contributed by atoms with van der Waals surface area (Å²) < 4.78 is 6.19. The summed E-state index contributed by atoms with van der Waals surface area (Å²) in [5, 5.41) is 8.93. The Labute approximate surface area is 121 Å². The Kier molecular flexibility index (Phi) is 3.02. The molecule has 21 heavy (non-hydrogen) atoms. The zero-order valence-corrected chi connectivity index (χ0v) is 11.7. The van der Waals surface area contributed by atoms with Gasteiger partial charge in [0.2, 0.25) is 0 Å². The minimum Gasteiger partial charge on any atom is -0.480 e. The summed E-state index contributed by atoms with van der Waals surface area (Å²) in [5.74, 6) is -1.66. The third-order valence-electron chi connectivity index (χ3n) is 3.05. The fraction of sp³-hybridized carbons (Fsp3) is 0.154. The van der Waals surface area contributed by atoms with Crippen LogP contribution >= 0.6 is 11.3 Å². The molecule has 7 nitrogen and oxygen atoms in total. The van der Waals surface area contributed by atoms with Crippen LogP contribution in [0.15, 0.2) is 32.2 Å². The summed E-state index contributed by atoms with van der Waals surface area (Å²) in [6.07, 6.45) is 0. The largest absolute Gasteiger partial charge is 0.480 e. The van der Waals surface area contributed by atoms with Crippen molar-refractivity contribution in [3.63, 3.8) is 0 Å². The van der Waals surface area contributed by atoms with Gasteiger partial charge in [0.15, 0.2) is 5.58 Å². The first-order valence-electron chi connectivity index (χ1n) is 6.01. The summed E-state index contributed by atoms with van der Waals surface area (Å²) in [6, 6.07) is 4.98. The lowest BCUT2D eigenvalue weighted by atomic mass is 10.1. The molecule has 0 fully saturated rings. The molecule has 0 aliphatic heterocycles. The molecule has 3 aromatic rings. The van der Waals surface area contributed by atoms with Crippen LogP contribution in [0.5, 0.6) is 0 Å². The zero-order valence-electron chi connectivity index (χ0n) is 10.9. The second-order valence-electron chi connectivity index (χ2n) is 4.48. The van der Waals surface area contributed by atoms with Crippen molar-refractivity contribution < 1.29 is 14.3 Å². The molecular weight excluding hydrogens is 296 g/mol. The van der Waals surface area contributed by atoms with Gasteiger partial charge < -0.3 is 9.52 Å². The Morgan fingerprint density at radius 3 is 2.90 bits per heavy atom. The normalized spacial score (nSPS) is 11.1. The highest BCUT2D eigenvalue weighted by atomic mass is 32.1. The van der Waals surface area contributed by atoms with E-state index < -0.39 is 18.3 Å². The summed E-state index contributed by atoms with van der Waals surface area (Å²) in [6.45, 7) is 1.34. The van der Waals surface area contributed by atoms with E-state index in [-0.39, 0.29) is 4.87 Å². The summed E-state index contributed by atoms with van der Waals surface area (Å²) in [4.78, 5) is 36.8. The Morgan fingerprint density at radius 2 is 2.19 bits per heavy atom. The minimum absolute atomic E-state index is 0.333. The Morgan fingerprint density at radius 1 is 1.43 bits per heavy atom. The number of hydrogen-bond acceptors (Lipinski definition) is 5. The first-order chi connectivity index (χ1) is 9.95. The average molecular weight is 306 g/mol. The number of hydrogen-bond donors (Lipinski definition) is 2. The van der Waals surface area contributed by atoms with E-state index in [0.717, 1.165) is 11.3 Å². The van der Waals surface area contributed by atoms with Crippen molar-refractivity contribution >= 4 is 28.4 Å². The van der Waals surface area contributed by atoms with E-state index in [1.807, 2.05) is 0 Å². The van der Waals surface area contributed by atoms with Gasteiger partial charge in [0.25, 0.3) is 0 Å². The molecule has 1 aromatic carbocycles. The fourth-order valence-electron chi connectivity index (χ4n) is 2.25. The van der Waals surface area contributed by atoms with Crippen molar-refractivity contribution in [2.75, 3.05) is 0 Å². The van der Waals surface area contributed by atoms with Crippen LogP contribution in [-0.2, 0) is 11.3 Å². The molecule has 0 radical (unpaired) electrons. The van der Waals surface area contributed by atoms with E-state index >= 15 is 0 Å². The van der Waals surface area contributed by atoms with Gasteiger partial charge in [0.05, 0.1) is 11.2 Å². The second-order valence-corrected chi connectivity index (χ2v) is 5.64. The Bertz CT molecular complexity index is 959. The number of aliphatic carboxylic acids is 1. The highest BCUT2D eigenvalue weighted by Crippen LogP contribution is 2.27. The molecule has 0 aliphatic carbocycles. The number of nitrogens with zero attached hydrogens (tertiary/aromatic N) is 1. The van der Waals surface area contributed by atoms with Gasteiger partial charge in [0.1, 0.15) is 6.54 Å². The maximum Gasteiger partial charge on any atom is 0.417 e.